The van der Waals surface area contributed by atoms with E-state index in [-0.39, 0.29) is 5.91 Å². The number of carbonyl (C=O) groups excluding carboxylic acids is 1. The maximum absolute atomic E-state index is 12.8. The molecule has 4 heteroatoms. The molecule has 0 spiro atoms. The Morgan fingerprint density at radius 1 is 1.25 bits per heavy atom. The quantitative estimate of drug-likeness (QED) is 0.668. The zero-order chi connectivity index (χ0) is 17.1. The summed E-state index contributed by atoms with van der Waals surface area (Å²) in [6.07, 6.45) is 9.80. The lowest BCUT2D eigenvalue weighted by Gasteiger charge is -2.14. The van der Waals surface area contributed by atoms with E-state index in [4.69, 9.17) is 0 Å². The Kier molecular flexibility index (Phi) is 5.65. The molecule has 130 valence electrons. The summed E-state index contributed by atoms with van der Waals surface area (Å²) in [4.78, 5) is 12.8. The van der Waals surface area contributed by atoms with Crippen LogP contribution in [-0.2, 0) is 0 Å². The molecule has 1 fully saturated rings. The third-order valence-corrected chi connectivity index (χ3v) is 5.80. The lowest BCUT2D eigenvalue weighted by Crippen LogP contribution is -2.29. The fourth-order valence-electron chi connectivity index (χ4n) is 3.77. The molecule has 1 aromatic carbocycles. The molecule has 3 nitrogen and oxygen atoms in total. The van der Waals surface area contributed by atoms with Gasteiger partial charge in [-0.15, -0.1) is 0 Å². The molecular formula is C20H27BrN2O. The van der Waals surface area contributed by atoms with Gasteiger partial charge in [-0.1, -0.05) is 47.7 Å². The normalized spacial score (nSPS) is 16.5. The molecule has 2 aromatic rings. The highest BCUT2D eigenvalue weighted by Gasteiger charge is 2.20. The molecule has 1 saturated carbocycles. The first-order chi connectivity index (χ1) is 11.6. The summed E-state index contributed by atoms with van der Waals surface area (Å²) in [5, 5.41) is 4.21. The molecule has 3 rings (SSSR count). The van der Waals surface area contributed by atoms with Gasteiger partial charge in [0.05, 0.1) is 11.1 Å². The van der Waals surface area contributed by atoms with Gasteiger partial charge in [-0.3, -0.25) is 4.79 Å². The molecule has 0 saturated heterocycles. The molecule has 1 amide bonds. The summed E-state index contributed by atoms with van der Waals surface area (Å²) in [6, 6.07) is 6.45. The molecule has 0 atom stereocenters. The monoisotopic (exact) mass is 390 g/mol. The number of amides is 1. The van der Waals surface area contributed by atoms with Crippen molar-refractivity contribution in [3.63, 3.8) is 0 Å². The Morgan fingerprint density at radius 2 is 1.96 bits per heavy atom. The van der Waals surface area contributed by atoms with Gasteiger partial charge in [0.2, 0.25) is 0 Å². The number of fused-ring (bicyclic) bond motifs is 1. The molecule has 1 aliphatic carbocycles. The Morgan fingerprint density at radius 3 is 2.62 bits per heavy atom. The van der Waals surface area contributed by atoms with E-state index in [9.17, 15) is 4.79 Å². The molecule has 1 heterocycles. The first-order valence-corrected chi connectivity index (χ1v) is 9.94. The highest BCUT2D eigenvalue weighted by molar-refractivity contribution is 9.10. The Labute approximate surface area is 152 Å². The van der Waals surface area contributed by atoms with Gasteiger partial charge in [-0.05, 0) is 44.7 Å². The van der Waals surface area contributed by atoms with Crippen molar-refractivity contribution in [1.82, 2.24) is 9.88 Å². The third kappa shape index (κ3) is 3.69. The third-order valence-electron chi connectivity index (χ3n) is 5.13. The van der Waals surface area contributed by atoms with Gasteiger partial charge < -0.3 is 9.88 Å². The second kappa shape index (κ2) is 7.73. The predicted octanol–water partition coefficient (Wildman–Crippen LogP) is 5.68. The molecule has 1 aromatic heterocycles. The van der Waals surface area contributed by atoms with E-state index in [1.165, 1.54) is 38.5 Å². The number of halogens is 1. The van der Waals surface area contributed by atoms with E-state index in [0.29, 0.717) is 12.0 Å². The molecule has 0 unspecified atom stereocenters. The van der Waals surface area contributed by atoms with Crippen LogP contribution in [0.25, 0.3) is 10.9 Å². The lowest BCUT2D eigenvalue weighted by molar-refractivity contribution is 0.0947. The summed E-state index contributed by atoms with van der Waals surface area (Å²) in [5.74, 6) is 0.689. The maximum Gasteiger partial charge on any atom is 0.253 e. The zero-order valence-corrected chi connectivity index (χ0v) is 16.2. The van der Waals surface area contributed by atoms with E-state index in [0.717, 1.165) is 27.5 Å². The number of nitrogens with one attached hydrogen (secondary N) is 1. The number of benzene rings is 1. The summed E-state index contributed by atoms with van der Waals surface area (Å²) >= 11 is 3.62. The van der Waals surface area contributed by atoms with E-state index < -0.39 is 0 Å². The van der Waals surface area contributed by atoms with Crippen molar-refractivity contribution in [2.45, 2.75) is 58.4 Å². The molecule has 1 aliphatic rings. The number of nitrogens with zero attached hydrogens (tertiary/aromatic N) is 1. The van der Waals surface area contributed by atoms with Crippen LogP contribution in [0.5, 0.6) is 0 Å². The van der Waals surface area contributed by atoms with Crippen LogP contribution in [0.2, 0.25) is 0 Å². The number of hydrogen-bond acceptors (Lipinski definition) is 1. The standard InChI is InChI=1S/C20H27BrN2O/c1-14(2)23-13-16(19-17(21)10-7-11-18(19)23)20(24)22-12-15-8-5-3-4-6-9-15/h7,10-11,13-15H,3-6,8-9,12H2,1-2H3,(H,22,24). The number of rotatable bonds is 4. The molecular weight excluding hydrogens is 364 g/mol. The average Bonchev–Trinajstić information content (AvgIpc) is 2.77. The van der Waals surface area contributed by atoms with Gasteiger partial charge in [0.1, 0.15) is 0 Å². The first kappa shape index (κ1) is 17.5. The number of aromatic nitrogens is 1. The van der Waals surface area contributed by atoms with Crippen molar-refractivity contribution in [3.05, 3.63) is 34.4 Å². The second-order valence-electron chi connectivity index (χ2n) is 7.25. The summed E-state index contributed by atoms with van der Waals surface area (Å²) < 4.78 is 3.17. The molecule has 0 radical (unpaired) electrons. The molecule has 24 heavy (non-hydrogen) atoms. The largest absolute Gasteiger partial charge is 0.352 e. The van der Waals surface area contributed by atoms with Gasteiger partial charge in [0, 0.05) is 28.6 Å². The molecule has 1 N–H and O–H groups in total. The molecule has 0 aliphatic heterocycles. The van der Waals surface area contributed by atoms with Crippen molar-refractivity contribution < 1.29 is 4.79 Å². The summed E-state index contributed by atoms with van der Waals surface area (Å²) in [5.41, 5.74) is 1.89. The van der Waals surface area contributed by atoms with Crippen LogP contribution in [0.4, 0.5) is 0 Å². The van der Waals surface area contributed by atoms with E-state index in [2.05, 4.69) is 45.7 Å². The minimum absolute atomic E-state index is 0.0514. The fraction of sp³-hybridized carbons (Fsp3) is 0.550. The predicted molar refractivity (Wildman–Crippen MR) is 104 cm³/mol. The molecule has 0 bridgehead atoms. The van der Waals surface area contributed by atoms with Crippen molar-refractivity contribution in [2.75, 3.05) is 6.54 Å². The van der Waals surface area contributed by atoms with Crippen LogP contribution in [-0.4, -0.2) is 17.0 Å². The van der Waals surface area contributed by atoms with E-state index in [1.54, 1.807) is 0 Å². The van der Waals surface area contributed by atoms with Gasteiger partial charge in [0.25, 0.3) is 5.91 Å². The van der Waals surface area contributed by atoms with Crippen LogP contribution >= 0.6 is 15.9 Å². The zero-order valence-electron chi connectivity index (χ0n) is 14.6. The van der Waals surface area contributed by atoms with Crippen molar-refractivity contribution in [3.8, 4) is 0 Å². The van der Waals surface area contributed by atoms with Gasteiger partial charge in [0.15, 0.2) is 0 Å². The van der Waals surface area contributed by atoms with Gasteiger partial charge in [-0.25, -0.2) is 0 Å². The fourth-order valence-corrected chi connectivity index (χ4v) is 4.34. The van der Waals surface area contributed by atoms with Crippen LogP contribution in [0.15, 0.2) is 28.9 Å². The van der Waals surface area contributed by atoms with Crippen LogP contribution < -0.4 is 5.32 Å². The Balaban J connectivity index is 1.81. The van der Waals surface area contributed by atoms with Crippen molar-refractivity contribution >= 4 is 32.7 Å². The van der Waals surface area contributed by atoms with E-state index in [1.807, 2.05) is 18.3 Å². The topological polar surface area (TPSA) is 34.0 Å². The highest BCUT2D eigenvalue weighted by atomic mass is 79.9. The SMILES string of the molecule is CC(C)n1cc(C(=O)NCC2CCCCCC2)c2c(Br)cccc21. The van der Waals surface area contributed by atoms with Crippen molar-refractivity contribution in [2.24, 2.45) is 5.92 Å². The smallest absolute Gasteiger partial charge is 0.253 e. The highest BCUT2D eigenvalue weighted by Crippen LogP contribution is 2.31. The second-order valence-corrected chi connectivity index (χ2v) is 8.10. The van der Waals surface area contributed by atoms with Crippen LogP contribution in [0.3, 0.4) is 0 Å². The maximum atomic E-state index is 12.8. The van der Waals surface area contributed by atoms with E-state index >= 15 is 0 Å². The van der Waals surface area contributed by atoms with Gasteiger partial charge >= 0.3 is 0 Å². The lowest BCUT2D eigenvalue weighted by atomic mass is 10.0. The van der Waals surface area contributed by atoms with Crippen LogP contribution in [0, 0.1) is 5.92 Å². The number of carbonyl (C=O) groups is 1. The van der Waals surface area contributed by atoms with Crippen LogP contribution in [0.1, 0.15) is 68.8 Å². The Bertz CT molecular complexity index is 712. The minimum atomic E-state index is 0.0514. The minimum Gasteiger partial charge on any atom is -0.352 e. The Hall–Kier alpha value is -1.29. The number of hydrogen-bond donors (Lipinski definition) is 1. The summed E-state index contributed by atoms with van der Waals surface area (Å²) in [6.45, 7) is 5.10. The average molecular weight is 391 g/mol. The summed E-state index contributed by atoms with van der Waals surface area (Å²) in [7, 11) is 0. The van der Waals surface area contributed by atoms with Gasteiger partial charge in [-0.2, -0.15) is 0 Å². The first-order valence-electron chi connectivity index (χ1n) is 9.15. The van der Waals surface area contributed by atoms with Crippen molar-refractivity contribution in [1.29, 1.82) is 0 Å².